The van der Waals surface area contributed by atoms with E-state index in [2.05, 4.69) is 0 Å². The van der Waals surface area contributed by atoms with Gasteiger partial charge in [-0.25, -0.2) is 4.79 Å². The Labute approximate surface area is 96.9 Å². The molecule has 0 saturated carbocycles. The molecular weight excluding hydrogens is 224 g/mol. The summed E-state index contributed by atoms with van der Waals surface area (Å²) >= 11 is 1.32. The largest absolute Gasteiger partial charge is 0.487 e. The van der Waals surface area contributed by atoms with Gasteiger partial charge >= 0.3 is 5.97 Å². The van der Waals surface area contributed by atoms with E-state index in [0.29, 0.717) is 12.4 Å². The first-order valence-electron chi connectivity index (χ1n) is 4.73. The van der Waals surface area contributed by atoms with Gasteiger partial charge in [0.2, 0.25) is 0 Å². The molecule has 0 amide bonds. The zero-order chi connectivity index (χ0) is 11.4. The molecule has 0 aliphatic heterocycles. The number of aromatic carboxylic acids is 1. The van der Waals surface area contributed by atoms with Crippen LogP contribution in [0.3, 0.4) is 0 Å². The van der Waals surface area contributed by atoms with Gasteiger partial charge in [0.25, 0.3) is 0 Å². The lowest BCUT2D eigenvalue weighted by molar-refractivity contribution is 0.0692. The molecule has 1 aromatic heterocycles. The highest BCUT2D eigenvalue weighted by Crippen LogP contribution is 2.24. The molecule has 0 atom stereocenters. The van der Waals surface area contributed by atoms with Gasteiger partial charge in [0.05, 0.1) is 0 Å². The summed E-state index contributed by atoms with van der Waals surface area (Å²) in [4.78, 5) is 10.8. The Balaban J connectivity index is 2.05. The third kappa shape index (κ3) is 2.41. The Bertz CT molecular complexity index is 476. The number of thiophene rings is 1. The van der Waals surface area contributed by atoms with Crippen LogP contribution < -0.4 is 4.74 Å². The predicted octanol–water partition coefficient (Wildman–Crippen LogP) is 3.03. The molecule has 0 aliphatic rings. The number of benzene rings is 1. The van der Waals surface area contributed by atoms with Gasteiger partial charge in [0.1, 0.15) is 17.9 Å². The number of hydrogen-bond acceptors (Lipinski definition) is 3. The van der Waals surface area contributed by atoms with Crippen LogP contribution in [0.4, 0.5) is 0 Å². The van der Waals surface area contributed by atoms with Crippen LogP contribution in [-0.2, 0) is 6.61 Å². The van der Waals surface area contributed by atoms with E-state index in [4.69, 9.17) is 9.84 Å². The smallest absolute Gasteiger partial charge is 0.340 e. The van der Waals surface area contributed by atoms with Crippen LogP contribution >= 0.6 is 11.3 Å². The molecule has 0 fully saturated rings. The van der Waals surface area contributed by atoms with E-state index in [-0.39, 0.29) is 5.56 Å². The number of hydrogen-bond donors (Lipinski definition) is 1. The Morgan fingerprint density at radius 3 is 2.69 bits per heavy atom. The fraction of sp³-hybridized carbons (Fsp3) is 0.0833. The van der Waals surface area contributed by atoms with Crippen molar-refractivity contribution < 1.29 is 14.6 Å². The van der Waals surface area contributed by atoms with Crippen molar-refractivity contribution in [2.45, 2.75) is 6.61 Å². The lowest BCUT2D eigenvalue weighted by Crippen LogP contribution is -2.00. The monoisotopic (exact) mass is 234 g/mol. The predicted molar refractivity (Wildman–Crippen MR) is 62.1 cm³/mol. The van der Waals surface area contributed by atoms with Crippen molar-refractivity contribution in [2.24, 2.45) is 0 Å². The zero-order valence-electron chi connectivity index (χ0n) is 8.42. The minimum absolute atomic E-state index is 0.223. The van der Waals surface area contributed by atoms with E-state index in [1.54, 1.807) is 10.8 Å². The van der Waals surface area contributed by atoms with Gasteiger partial charge in [-0.1, -0.05) is 30.3 Å². The summed E-state index contributed by atoms with van der Waals surface area (Å²) < 4.78 is 5.45. The van der Waals surface area contributed by atoms with Crippen LogP contribution in [-0.4, -0.2) is 11.1 Å². The molecular formula is C12H10O3S. The molecule has 1 heterocycles. The van der Waals surface area contributed by atoms with Gasteiger partial charge in [-0.05, 0) is 5.56 Å². The van der Waals surface area contributed by atoms with E-state index in [0.717, 1.165) is 5.56 Å². The minimum atomic E-state index is -0.954. The molecule has 0 bridgehead atoms. The van der Waals surface area contributed by atoms with Crippen molar-refractivity contribution >= 4 is 17.3 Å². The third-order valence-corrected chi connectivity index (χ3v) is 2.82. The quantitative estimate of drug-likeness (QED) is 0.884. The summed E-state index contributed by atoms with van der Waals surface area (Å²) in [6, 6.07) is 9.64. The summed E-state index contributed by atoms with van der Waals surface area (Å²) in [5.74, 6) is -0.523. The number of rotatable bonds is 4. The molecule has 82 valence electrons. The van der Waals surface area contributed by atoms with Gasteiger partial charge in [-0.15, -0.1) is 11.3 Å². The van der Waals surface area contributed by atoms with Crippen LogP contribution in [0.15, 0.2) is 41.1 Å². The second-order valence-electron chi connectivity index (χ2n) is 3.23. The van der Waals surface area contributed by atoms with Gasteiger partial charge in [-0.3, -0.25) is 0 Å². The molecule has 16 heavy (non-hydrogen) atoms. The number of carboxylic acids is 1. The summed E-state index contributed by atoms with van der Waals surface area (Å²) in [6.45, 7) is 0.387. The van der Waals surface area contributed by atoms with Gasteiger partial charge in [-0.2, -0.15) is 0 Å². The molecule has 3 nitrogen and oxygen atoms in total. The first-order valence-corrected chi connectivity index (χ1v) is 5.68. The average molecular weight is 234 g/mol. The highest BCUT2D eigenvalue weighted by atomic mass is 32.1. The average Bonchev–Trinajstić information content (AvgIpc) is 2.76. The summed E-state index contributed by atoms with van der Waals surface area (Å²) in [5, 5.41) is 12.2. The molecule has 0 spiro atoms. The van der Waals surface area contributed by atoms with Crippen molar-refractivity contribution in [1.29, 1.82) is 0 Å². The number of carbonyl (C=O) groups is 1. The van der Waals surface area contributed by atoms with Gasteiger partial charge in [0, 0.05) is 10.8 Å². The van der Waals surface area contributed by atoms with E-state index in [9.17, 15) is 4.79 Å². The van der Waals surface area contributed by atoms with Crippen molar-refractivity contribution in [1.82, 2.24) is 0 Å². The Morgan fingerprint density at radius 2 is 2.00 bits per heavy atom. The maximum atomic E-state index is 10.8. The first kappa shape index (κ1) is 10.7. The second-order valence-corrected chi connectivity index (χ2v) is 3.97. The normalized spacial score (nSPS) is 10.0. The summed E-state index contributed by atoms with van der Waals surface area (Å²) in [7, 11) is 0. The fourth-order valence-electron chi connectivity index (χ4n) is 1.29. The molecule has 1 N–H and O–H groups in total. The molecule has 0 unspecified atom stereocenters. The fourth-order valence-corrected chi connectivity index (χ4v) is 2.03. The van der Waals surface area contributed by atoms with Crippen LogP contribution in [0.25, 0.3) is 0 Å². The molecule has 0 aliphatic carbocycles. The second kappa shape index (κ2) is 4.81. The topological polar surface area (TPSA) is 46.5 Å². The van der Waals surface area contributed by atoms with Crippen LogP contribution in [0.5, 0.6) is 5.75 Å². The molecule has 0 saturated heterocycles. The molecule has 0 radical (unpaired) electrons. The highest BCUT2D eigenvalue weighted by Gasteiger charge is 2.11. The summed E-state index contributed by atoms with van der Waals surface area (Å²) in [5.41, 5.74) is 1.24. The van der Waals surface area contributed by atoms with Gasteiger partial charge in [0.15, 0.2) is 0 Å². The van der Waals surface area contributed by atoms with Gasteiger partial charge < -0.3 is 9.84 Å². The Kier molecular flexibility index (Phi) is 3.22. The standard InChI is InChI=1S/C12H10O3S/c13-12(14)10-7-16-8-11(10)15-6-9-4-2-1-3-5-9/h1-5,7-8H,6H2,(H,13,14). The highest BCUT2D eigenvalue weighted by molar-refractivity contribution is 7.08. The van der Waals surface area contributed by atoms with E-state index in [1.807, 2.05) is 30.3 Å². The van der Waals surface area contributed by atoms with Crippen LogP contribution in [0.2, 0.25) is 0 Å². The van der Waals surface area contributed by atoms with Crippen molar-refractivity contribution in [3.63, 3.8) is 0 Å². The maximum absolute atomic E-state index is 10.8. The molecule has 2 rings (SSSR count). The molecule has 4 heteroatoms. The lowest BCUT2D eigenvalue weighted by Gasteiger charge is -2.05. The number of carboxylic acid groups (broad SMARTS) is 1. The zero-order valence-corrected chi connectivity index (χ0v) is 9.24. The van der Waals surface area contributed by atoms with E-state index < -0.39 is 5.97 Å². The maximum Gasteiger partial charge on any atom is 0.340 e. The number of ether oxygens (including phenoxy) is 1. The Hall–Kier alpha value is -1.81. The SMILES string of the molecule is O=C(O)c1cscc1OCc1ccccc1. The van der Waals surface area contributed by atoms with E-state index in [1.165, 1.54) is 11.3 Å². The Morgan fingerprint density at radius 1 is 1.25 bits per heavy atom. The lowest BCUT2D eigenvalue weighted by atomic mass is 10.2. The van der Waals surface area contributed by atoms with E-state index >= 15 is 0 Å². The molecule has 1 aromatic carbocycles. The van der Waals surface area contributed by atoms with Crippen LogP contribution in [0.1, 0.15) is 15.9 Å². The van der Waals surface area contributed by atoms with Crippen molar-refractivity contribution in [2.75, 3.05) is 0 Å². The third-order valence-electron chi connectivity index (χ3n) is 2.09. The van der Waals surface area contributed by atoms with Crippen LogP contribution in [0, 0.1) is 0 Å². The summed E-state index contributed by atoms with van der Waals surface area (Å²) in [6.07, 6.45) is 0. The van der Waals surface area contributed by atoms with Crippen molar-refractivity contribution in [3.8, 4) is 5.75 Å². The first-order chi connectivity index (χ1) is 7.77. The minimum Gasteiger partial charge on any atom is -0.487 e. The van der Waals surface area contributed by atoms with Crippen molar-refractivity contribution in [3.05, 3.63) is 52.2 Å². The molecule has 2 aromatic rings.